The first kappa shape index (κ1) is 22.7. The second-order valence-electron chi connectivity index (χ2n) is 9.17. The molecule has 0 radical (unpaired) electrons. The first-order chi connectivity index (χ1) is 14.6. The van der Waals surface area contributed by atoms with Gasteiger partial charge in [-0.15, -0.1) is 0 Å². The van der Waals surface area contributed by atoms with Gasteiger partial charge in [0, 0.05) is 13.0 Å². The van der Waals surface area contributed by atoms with Crippen molar-refractivity contribution >= 4 is 5.78 Å². The van der Waals surface area contributed by atoms with Crippen molar-refractivity contribution in [1.29, 1.82) is 0 Å². The van der Waals surface area contributed by atoms with Gasteiger partial charge in [-0.3, -0.25) is 4.79 Å². The molecule has 2 heteroatoms. The van der Waals surface area contributed by atoms with Gasteiger partial charge in [0.15, 0.2) is 0 Å². The third kappa shape index (κ3) is 4.86. The van der Waals surface area contributed by atoms with E-state index in [4.69, 9.17) is 4.74 Å². The highest BCUT2D eigenvalue weighted by Crippen LogP contribution is 2.50. The number of fused-ring (bicyclic) bond motifs is 3. The van der Waals surface area contributed by atoms with Crippen LogP contribution in [0.2, 0.25) is 0 Å². The van der Waals surface area contributed by atoms with Crippen LogP contribution >= 0.6 is 0 Å². The van der Waals surface area contributed by atoms with Gasteiger partial charge in [-0.1, -0.05) is 101 Å². The van der Waals surface area contributed by atoms with Gasteiger partial charge in [0.05, 0.1) is 6.61 Å². The van der Waals surface area contributed by atoms with Gasteiger partial charge in [0.1, 0.15) is 11.2 Å². The number of rotatable bonds is 13. The molecule has 2 nitrogen and oxygen atoms in total. The molecule has 0 heterocycles. The van der Waals surface area contributed by atoms with Crippen molar-refractivity contribution in [3.05, 3.63) is 59.7 Å². The fraction of sp³-hybridized carbons (Fsp3) is 0.536. The third-order valence-electron chi connectivity index (χ3n) is 6.44. The monoisotopic (exact) mass is 406 g/mol. The molecule has 0 aromatic heterocycles. The largest absolute Gasteiger partial charge is 0.380 e. The van der Waals surface area contributed by atoms with Gasteiger partial charge in [0.2, 0.25) is 0 Å². The Morgan fingerprint density at radius 2 is 1.50 bits per heavy atom. The predicted molar refractivity (Wildman–Crippen MR) is 126 cm³/mol. The minimum Gasteiger partial charge on any atom is -0.380 e. The second kappa shape index (κ2) is 10.9. The smallest absolute Gasteiger partial charge is 0.150 e. The van der Waals surface area contributed by atoms with Crippen molar-refractivity contribution in [2.24, 2.45) is 5.92 Å². The van der Waals surface area contributed by atoms with Crippen LogP contribution in [-0.2, 0) is 14.9 Å². The van der Waals surface area contributed by atoms with Crippen LogP contribution in [-0.4, -0.2) is 19.0 Å². The molecule has 3 rings (SSSR count). The lowest BCUT2D eigenvalue weighted by Crippen LogP contribution is -2.40. The Labute approximate surface area is 183 Å². The SMILES string of the molecule is CCCCCOCC1(C(=O)CCCCCC(C)C)c2ccccc2-c2ccccc21. The number of ketones is 1. The van der Waals surface area contributed by atoms with E-state index >= 15 is 0 Å². The molecule has 2 aromatic carbocycles. The maximum atomic E-state index is 13.8. The minimum atomic E-state index is -0.655. The third-order valence-corrected chi connectivity index (χ3v) is 6.44. The lowest BCUT2D eigenvalue weighted by Gasteiger charge is -2.30. The number of hydrogen-bond acceptors (Lipinski definition) is 2. The molecule has 0 spiro atoms. The zero-order valence-corrected chi connectivity index (χ0v) is 19.1. The molecule has 162 valence electrons. The van der Waals surface area contributed by atoms with E-state index in [1.165, 1.54) is 36.8 Å². The van der Waals surface area contributed by atoms with Crippen molar-refractivity contribution in [3.8, 4) is 11.1 Å². The molecule has 2 aromatic rings. The summed E-state index contributed by atoms with van der Waals surface area (Å²) in [5, 5.41) is 0. The summed E-state index contributed by atoms with van der Waals surface area (Å²) in [4.78, 5) is 13.8. The first-order valence-corrected chi connectivity index (χ1v) is 11.9. The van der Waals surface area contributed by atoms with Crippen LogP contribution in [0.25, 0.3) is 11.1 Å². The van der Waals surface area contributed by atoms with Crippen molar-refractivity contribution < 1.29 is 9.53 Å². The summed E-state index contributed by atoms with van der Waals surface area (Å²) in [6.45, 7) is 7.91. The molecule has 0 aliphatic heterocycles. The Bertz CT molecular complexity index is 775. The van der Waals surface area contributed by atoms with Gasteiger partial charge in [-0.25, -0.2) is 0 Å². The van der Waals surface area contributed by atoms with E-state index < -0.39 is 5.41 Å². The van der Waals surface area contributed by atoms with Crippen molar-refractivity contribution in [3.63, 3.8) is 0 Å². The highest BCUT2D eigenvalue weighted by Gasteiger charge is 2.48. The van der Waals surface area contributed by atoms with E-state index in [1.807, 2.05) is 0 Å². The van der Waals surface area contributed by atoms with Crippen LogP contribution in [0.5, 0.6) is 0 Å². The topological polar surface area (TPSA) is 26.3 Å². The molecule has 0 saturated carbocycles. The zero-order chi connectivity index (χ0) is 21.4. The number of hydrogen-bond donors (Lipinski definition) is 0. The van der Waals surface area contributed by atoms with Crippen LogP contribution in [0.3, 0.4) is 0 Å². The molecule has 0 saturated heterocycles. The van der Waals surface area contributed by atoms with E-state index in [2.05, 4.69) is 69.3 Å². The zero-order valence-electron chi connectivity index (χ0n) is 19.1. The average molecular weight is 407 g/mol. The molecule has 0 unspecified atom stereocenters. The summed E-state index contributed by atoms with van der Waals surface area (Å²) < 4.78 is 6.20. The normalized spacial score (nSPS) is 14.0. The molecular weight excluding hydrogens is 368 g/mol. The minimum absolute atomic E-state index is 0.319. The van der Waals surface area contributed by atoms with Crippen LogP contribution in [0.4, 0.5) is 0 Å². The molecule has 0 amide bonds. The van der Waals surface area contributed by atoms with E-state index in [1.54, 1.807) is 0 Å². The van der Waals surface area contributed by atoms with E-state index in [9.17, 15) is 4.79 Å². The average Bonchev–Trinajstić information content (AvgIpc) is 3.04. The summed E-state index contributed by atoms with van der Waals surface area (Å²) in [5.41, 5.74) is 4.00. The second-order valence-corrected chi connectivity index (χ2v) is 9.17. The van der Waals surface area contributed by atoms with Crippen LogP contribution in [0, 0.1) is 5.92 Å². The van der Waals surface area contributed by atoms with Gasteiger partial charge in [-0.05, 0) is 41.0 Å². The Morgan fingerprint density at radius 3 is 2.10 bits per heavy atom. The van der Waals surface area contributed by atoms with Crippen molar-refractivity contribution in [1.82, 2.24) is 0 Å². The summed E-state index contributed by atoms with van der Waals surface area (Å²) in [6.07, 6.45) is 8.57. The fourth-order valence-electron chi connectivity index (χ4n) is 4.77. The number of carbonyl (C=O) groups is 1. The predicted octanol–water partition coefficient (Wildman–Crippen LogP) is 7.34. The van der Waals surface area contributed by atoms with Gasteiger partial charge >= 0.3 is 0 Å². The van der Waals surface area contributed by atoms with E-state index in [-0.39, 0.29) is 0 Å². The number of unbranched alkanes of at least 4 members (excludes halogenated alkanes) is 4. The summed E-state index contributed by atoms with van der Waals surface area (Å²) in [6, 6.07) is 16.9. The molecule has 1 aliphatic rings. The lowest BCUT2D eigenvalue weighted by atomic mass is 9.73. The molecule has 30 heavy (non-hydrogen) atoms. The number of carbonyl (C=O) groups excluding carboxylic acids is 1. The molecule has 0 N–H and O–H groups in total. The first-order valence-electron chi connectivity index (χ1n) is 11.9. The van der Waals surface area contributed by atoms with Crippen LogP contribution in [0.15, 0.2) is 48.5 Å². The highest BCUT2D eigenvalue weighted by molar-refractivity contribution is 6.01. The summed E-state index contributed by atoms with van der Waals surface area (Å²) in [7, 11) is 0. The van der Waals surface area contributed by atoms with Gasteiger partial charge in [0.25, 0.3) is 0 Å². The Hall–Kier alpha value is -1.93. The van der Waals surface area contributed by atoms with Crippen LogP contribution < -0.4 is 0 Å². The van der Waals surface area contributed by atoms with E-state index in [0.717, 1.165) is 42.9 Å². The molecule has 0 atom stereocenters. The highest BCUT2D eigenvalue weighted by atomic mass is 16.5. The quantitative estimate of drug-likeness (QED) is 0.325. The standard InChI is InChI=1S/C28H38O2/c1-4-5-13-20-30-21-28(27(29)19-8-6-7-14-22(2)3)25-17-11-9-15-23(25)24-16-10-12-18-26(24)28/h9-12,15-18,22H,4-8,13-14,19-21H2,1-3H3. The fourth-order valence-corrected chi connectivity index (χ4v) is 4.77. The molecule has 0 fully saturated rings. The Kier molecular flexibility index (Phi) is 8.27. The number of benzene rings is 2. The maximum Gasteiger partial charge on any atom is 0.150 e. The Morgan fingerprint density at radius 1 is 0.867 bits per heavy atom. The van der Waals surface area contributed by atoms with E-state index in [0.29, 0.717) is 18.8 Å². The number of ether oxygens (including phenoxy) is 1. The molecule has 0 bridgehead atoms. The van der Waals surface area contributed by atoms with Crippen molar-refractivity contribution in [2.75, 3.05) is 13.2 Å². The maximum absolute atomic E-state index is 13.8. The summed E-state index contributed by atoms with van der Waals surface area (Å²) >= 11 is 0. The lowest BCUT2D eigenvalue weighted by molar-refractivity contribution is -0.125. The van der Waals surface area contributed by atoms with Gasteiger partial charge in [-0.2, -0.15) is 0 Å². The Balaban J connectivity index is 1.84. The summed E-state index contributed by atoms with van der Waals surface area (Å²) in [5.74, 6) is 1.05. The van der Waals surface area contributed by atoms with Crippen LogP contribution in [0.1, 0.15) is 83.3 Å². The molecular formula is C28H38O2. The molecule has 1 aliphatic carbocycles. The van der Waals surface area contributed by atoms with Crippen molar-refractivity contribution in [2.45, 2.75) is 77.6 Å². The van der Waals surface area contributed by atoms with Gasteiger partial charge < -0.3 is 4.74 Å². The number of Topliss-reactive ketones (excluding diaryl/α,β-unsaturated/α-hetero) is 1.